The van der Waals surface area contributed by atoms with Gasteiger partial charge in [0.2, 0.25) is 0 Å². The molecule has 1 aromatic heterocycles. The van der Waals surface area contributed by atoms with Crippen molar-refractivity contribution in [1.29, 1.82) is 0 Å². The minimum atomic E-state index is 0.967. The van der Waals surface area contributed by atoms with Gasteiger partial charge in [0.25, 0.3) is 0 Å². The summed E-state index contributed by atoms with van der Waals surface area (Å²) in [6, 6.07) is 12.8. The van der Waals surface area contributed by atoms with Crippen molar-refractivity contribution in [2.45, 2.75) is 19.4 Å². The molecule has 2 nitrogen and oxygen atoms in total. The Morgan fingerprint density at radius 3 is 2.47 bits per heavy atom. The van der Waals surface area contributed by atoms with E-state index in [4.69, 9.17) is 0 Å². The number of aromatic nitrogens is 1. The number of anilines is 1. The molecule has 1 aromatic carbocycles. The van der Waals surface area contributed by atoms with Crippen LogP contribution in [0.5, 0.6) is 0 Å². The molecule has 0 atom stereocenters. The first-order valence-electron chi connectivity index (χ1n) is 6.36. The Morgan fingerprint density at radius 1 is 0.941 bits per heavy atom. The minimum absolute atomic E-state index is 0.967. The Kier molecular flexibility index (Phi) is 2.87. The zero-order valence-electron chi connectivity index (χ0n) is 10.0. The molecule has 2 heteroatoms. The van der Waals surface area contributed by atoms with Crippen LogP contribution in [0.3, 0.4) is 0 Å². The smallest absolute Gasteiger partial charge is 0.0546 e. The van der Waals surface area contributed by atoms with Crippen LogP contribution in [0.2, 0.25) is 0 Å². The predicted octanol–water partition coefficient (Wildman–Crippen LogP) is 3.14. The molecule has 0 saturated carbocycles. The third-order valence-electron chi connectivity index (χ3n) is 3.41. The zero-order valence-corrected chi connectivity index (χ0v) is 10.0. The number of rotatable bonds is 3. The van der Waals surface area contributed by atoms with Gasteiger partial charge in [-0.3, -0.25) is 0 Å². The van der Waals surface area contributed by atoms with Crippen molar-refractivity contribution in [2.75, 3.05) is 18.0 Å². The predicted molar refractivity (Wildman–Crippen MR) is 71.4 cm³/mol. The van der Waals surface area contributed by atoms with Crippen LogP contribution in [0.1, 0.15) is 18.4 Å². The van der Waals surface area contributed by atoms with E-state index >= 15 is 0 Å². The molecule has 0 spiro atoms. The summed E-state index contributed by atoms with van der Waals surface area (Å²) in [6.07, 6.45) is 7.12. The van der Waals surface area contributed by atoms with Gasteiger partial charge in [-0.2, -0.15) is 0 Å². The van der Waals surface area contributed by atoms with Crippen LogP contribution < -0.4 is 4.90 Å². The second-order valence-corrected chi connectivity index (χ2v) is 4.72. The van der Waals surface area contributed by atoms with Crippen molar-refractivity contribution in [3.8, 4) is 0 Å². The fourth-order valence-electron chi connectivity index (χ4n) is 2.48. The molecule has 1 aliphatic rings. The van der Waals surface area contributed by atoms with E-state index in [1.165, 1.54) is 37.2 Å². The molecule has 1 fully saturated rings. The van der Waals surface area contributed by atoms with Gasteiger partial charge >= 0.3 is 0 Å². The Bertz CT molecular complexity index is 467. The van der Waals surface area contributed by atoms with Gasteiger partial charge in [0.05, 0.1) is 5.69 Å². The van der Waals surface area contributed by atoms with E-state index in [9.17, 15) is 0 Å². The van der Waals surface area contributed by atoms with Gasteiger partial charge in [0.15, 0.2) is 0 Å². The van der Waals surface area contributed by atoms with Crippen LogP contribution in [-0.4, -0.2) is 17.7 Å². The molecule has 3 rings (SSSR count). The average Bonchev–Trinajstić information content (AvgIpc) is 3.00. The van der Waals surface area contributed by atoms with Crippen molar-refractivity contribution >= 4 is 5.69 Å². The number of nitrogens with zero attached hydrogens (tertiary/aromatic N) is 2. The van der Waals surface area contributed by atoms with Crippen molar-refractivity contribution in [1.82, 2.24) is 4.57 Å². The standard InChI is InChI=1S/C15H18N2/c1-2-6-14(7-3-1)12-16-11-8-15(13-16)17-9-4-5-10-17/h1-3,6-8,11,13H,4-5,9-10,12H2. The number of hydrogen-bond donors (Lipinski definition) is 0. The van der Waals surface area contributed by atoms with Crippen LogP contribution in [0.15, 0.2) is 48.8 Å². The molecule has 2 heterocycles. The van der Waals surface area contributed by atoms with Crippen molar-refractivity contribution in [2.24, 2.45) is 0 Å². The summed E-state index contributed by atoms with van der Waals surface area (Å²) in [5, 5.41) is 0. The lowest BCUT2D eigenvalue weighted by Gasteiger charge is -2.14. The summed E-state index contributed by atoms with van der Waals surface area (Å²) in [4.78, 5) is 2.47. The van der Waals surface area contributed by atoms with Crippen molar-refractivity contribution in [3.63, 3.8) is 0 Å². The van der Waals surface area contributed by atoms with Crippen LogP contribution in [0.25, 0.3) is 0 Å². The lowest BCUT2D eigenvalue weighted by atomic mass is 10.2. The SMILES string of the molecule is c1ccc(Cn2ccc(N3CCCC3)c2)cc1. The fraction of sp³-hybridized carbons (Fsp3) is 0.333. The van der Waals surface area contributed by atoms with Crippen LogP contribution in [0.4, 0.5) is 5.69 Å². The van der Waals surface area contributed by atoms with E-state index in [-0.39, 0.29) is 0 Å². The van der Waals surface area contributed by atoms with Gasteiger partial charge in [-0.05, 0) is 24.5 Å². The maximum atomic E-state index is 2.47. The molecular weight excluding hydrogens is 208 g/mol. The zero-order chi connectivity index (χ0) is 11.5. The Morgan fingerprint density at radius 2 is 1.71 bits per heavy atom. The van der Waals surface area contributed by atoms with Crippen molar-refractivity contribution in [3.05, 3.63) is 54.4 Å². The molecule has 17 heavy (non-hydrogen) atoms. The molecule has 0 aliphatic carbocycles. The summed E-state index contributed by atoms with van der Waals surface area (Å²) < 4.78 is 2.27. The van der Waals surface area contributed by atoms with E-state index in [0.717, 1.165) is 6.54 Å². The van der Waals surface area contributed by atoms with Gasteiger partial charge in [0.1, 0.15) is 0 Å². The second-order valence-electron chi connectivity index (χ2n) is 4.72. The quantitative estimate of drug-likeness (QED) is 0.780. The van der Waals surface area contributed by atoms with Crippen LogP contribution in [-0.2, 0) is 6.54 Å². The highest BCUT2D eigenvalue weighted by atomic mass is 15.2. The van der Waals surface area contributed by atoms with E-state index in [1.54, 1.807) is 0 Å². The van der Waals surface area contributed by atoms with Gasteiger partial charge in [-0.25, -0.2) is 0 Å². The average molecular weight is 226 g/mol. The van der Waals surface area contributed by atoms with Crippen LogP contribution >= 0.6 is 0 Å². The summed E-state index contributed by atoms with van der Waals surface area (Å²) in [5.41, 5.74) is 2.73. The Balaban J connectivity index is 1.72. The van der Waals surface area contributed by atoms with Gasteiger partial charge < -0.3 is 9.47 Å². The summed E-state index contributed by atoms with van der Waals surface area (Å²) >= 11 is 0. The third-order valence-corrected chi connectivity index (χ3v) is 3.41. The van der Waals surface area contributed by atoms with Gasteiger partial charge in [-0.1, -0.05) is 30.3 Å². The summed E-state index contributed by atoms with van der Waals surface area (Å²) in [7, 11) is 0. The second kappa shape index (κ2) is 4.66. The van der Waals surface area contributed by atoms with E-state index in [1.807, 2.05) is 0 Å². The topological polar surface area (TPSA) is 8.17 Å². The first kappa shape index (κ1) is 10.5. The lowest BCUT2D eigenvalue weighted by Crippen LogP contribution is -2.16. The third kappa shape index (κ3) is 2.36. The number of hydrogen-bond acceptors (Lipinski definition) is 1. The minimum Gasteiger partial charge on any atom is -0.370 e. The first-order chi connectivity index (χ1) is 8.42. The van der Waals surface area contributed by atoms with Gasteiger partial charge in [-0.15, -0.1) is 0 Å². The highest BCUT2D eigenvalue weighted by Gasteiger charge is 2.12. The molecule has 2 aromatic rings. The normalized spacial score (nSPS) is 15.4. The maximum Gasteiger partial charge on any atom is 0.0546 e. The largest absolute Gasteiger partial charge is 0.370 e. The molecule has 0 amide bonds. The van der Waals surface area contributed by atoms with Crippen molar-refractivity contribution < 1.29 is 0 Å². The number of benzene rings is 1. The molecule has 1 aliphatic heterocycles. The molecule has 0 N–H and O–H groups in total. The molecule has 0 unspecified atom stereocenters. The van der Waals surface area contributed by atoms with E-state index in [2.05, 4.69) is 58.3 Å². The molecule has 88 valence electrons. The Labute approximate surface area is 102 Å². The van der Waals surface area contributed by atoms with E-state index in [0.29, 0.717) is 0 Å². The molecule has 0 radical (unpaired) electrons. The first-order valence-corrected chi connectivity index (χ1v) is 6.36. The van der Waals surface area contributed by atoms with Crippen LogP contribution in [0, 0.1) is 0 Å². The summed E-state index contributed by atoms with van der Waals surface area (Å²) in [5.74, 6) is 0. The molecule has 0 bridgehead atoms. The van der Waals surface area contributed by atoms with Gasteiger partial charge in [0, 0.05) is 32.0 Å². The molecule has 1 saturated heterocycles. The Hall–Kier alpha value is -1.70. The van der Waals surface area contributed by atoms with E-state index < -0.39 is 0 Å². The highest BCUT2D eigenvalue weighted by molar-refractivity contribution is 5.45. The molecular formula is C15H18N2. The fourth-order valence-corrected chi connectivity index (χ4v) is 2.48. The summed E-state index contributed by atoms with van der Waals surface area (Å²) in [6.45, 7) is 3.40. The lowest BCUT2D eigenvalue weighted by molar-refractivity contribution is 0.803. The monoisotopic (exact) mass is 226 g/mol. The maximum absolute atomic E-state index is 2.47. The highest BCUT2D eigenvalue weighted by Crippen LogP contribution is 2.20.